The van der Waals surface area contributed by atoms with E-state index in [1.54, 1.807) is 19.2 Å². The molecule has 0 aliphatic rings. The van der Waals surface area contributed by atoms with Gasteiger partial charge in [-0.25, -0.2) is 8.42 Å². The topological polar surface area (TPSA) is 84.9 Å². The van der Waals surface area contributed by atoms with Crippen LogP contribution in [0.1, 0.15) is 32.4 Å². The number of nitrogens with one attached hydrogen (secondary N) is 1. The Bertz CT molecular complexity index is 959. The fourth-order valence-corrected chi connectivity index (χ4v) is 5.37. The molecule has 10 heteroatoms. The van der Waals surface area contributed by atoms with Crippen molar-refractivity contribution in [3.8, 4) is 11.5 Å². The second-order valence-electron chi connectivity index (χ2n) is 6.69. The molecule has 0 bridgehead atoms. The quantitative estimate of drug-likeness (QED) is 0.616. The third-order valence-corrected chi connectivity index (χ3v) is 7.51. The van der Waals surface area contributed by atoms with Crippen molar-refractivity contribution in [3.63, 3.8) is 0 Å². The summed E-state index contributed by atoms with van der Waals surface area (Å²) in [7, 11) is -0.868. The van der Waals surface area contributed by atoms with Crippen LogP contribution in [0.2, 0.25) is 4.34 Å². The first-order valence-corrected chi connectivity index (χ1v) is 11.5. The molecule has 0 fully saturated rings. The zero-order valence-electron chi connectivity index (χ0n) is 16.9. The average molecular weight is 461 g/mol. The first-order chi connectivity index (χ1) is 13.5. The molecule has 0 spiro atoms. The Morgan fingerprint density at radius 3 is 2.45 bits per heavy atom. The number of carbonyl (C=O) groups is 1. The summed E-state index contributed by atoms with van der Waals surface area (Å²) in [6, 6.07) is 7.99. The van der Waals surface area contributed by atoms with E-state index in [9.17, 15) is 13.2 Å². The Morgan fingerprint density at radius 1 is 1.21 bits per heavy atom. The Hall–Kier alpha value is -1.81. The molecule has 1 aromatic heterocycles. The second-order valence-corrected chi connectivity index (χ2v) is 10.7. The molecule has 1 atom stereocenters. The minimum Gasteiger partial charge on any atom is -0.493 e. The Kier molecular flexibility index (Phi) is 7.93. The van der Waals surface area contributed by atoms with Gasteiger partial charge in [0.1, 0.15) is 4.21 Å². The average Bonchev–Trinajstić information content (AvgIpc) is 3.08. The molecule has 1 N–H and O–H groups in total. The fourth-order valence-electron chi connectivity index (χ4n) is 2.55. The second kappa shape index (κ2) is 9.80. The number of likely N-dealkylation sites (N-methyl/N-ethyl adjacent to an activating group) is 1. The SMILES string of the molecule is COc1cc(C(C)NC(=O)CN(C)S(=O)(=O)c2ccc(Cl)s2)ccc1OC(C)C. The van der Waals surface area contributed by atoms with E-state index in [1.165, 1.54) is 19.2 Å². The van der Waals surface area contributed by atoms with Crippen LogP contribution in [0.15, 0.2) is 34.5 Å². The maximum atomic E-state index is 12.5. The summed E-state index contributed by atoms with van der Waals surface area (Å²) in [5, 5.41) is 2.80. The third-order valence-electron chi connectivity index (χ3n) is 4.01. The van der Waals surface area contributed by atoms with Gasteiger partial charge in [-0.2, -0.15) is 4.31 Å². The number of thiophene rings is 1. The Morgan fingerprint density at radius 2 is 1.90 bits per heavy atom. The summed E-state index contributed by atoms with van der Waals surface area (Å²) >= 11 is 6.76. The lowest BCUT2D eigenvalue weighted by atomic mass is 10.1. The predicted octanol–water partition coefficient (Wildman–Crippen LogP) is 3.70. The minimum absolute atomic E-state index is 0.00240. The molecule has 7 nitrogen and oxygen atoms in total. The lowest BCUT2D eigenvalue weighted by Gasteiger charge is -2.20. The first-order valence-electron chi connectivity index (χ1n) is 8.90. The number of methoxy groups -OCH3 is 1. The molecule has 2 aromatic rings. The standard InChI is InChI=1S/C19H25ClN2O5S2/c1-12(2)27-15-7-6-14(10-16(15)26-5)13(3)21-18(23)11-22(4)29(24,25)19-9-8-17(20)28-19/h6-10,12-13H,11H2,1-5H3,(H,21,23). The molecule has 0 aliphatic carbocycles. The van der Waals surface area contributed by atoms with Crippen molar-refractivity contribution in [1.29, 1.82) is 0 Å². The third kappa shape index (κ3) is 6.08. The Labute approximate surface area is 180 Å². The van der Waals surface area contributed by atoms with Crippen LogP contribution in [0.25, 0.3) is 0 Å². The van der Waals surface area contributed by atoms with E-state index >= 15 is 0 Å². The van der Waals surface area contributed by atoms with Crippen LogP contribution in [-0.4, -0.2) is 45.4 Å². The molecule has 160 valence electrons. The molecule has 1 amide bonds. The molecule has 0 radical (unpaired) electrons. The van der Waals surface area contributed by atoms with Crippen molar-refractivity contribution in [2.24, 2.45) is 0 Å². The van der Waals surface area contributed by atoms with Crippen LogP contribution in [0.5, 0.6) is 11.5 Å². The summed E-state index contributed by atoms with van der Waals surface area (Å²) in [6.45, 7) is 5.34. The molecule has 1 aromatic carbocycles. The van der Waals surface area contributed by atoms with E-state index in [2.05, 4.69) is 5.32 Å². The summed E-state index contributed by atoms with van der Waals surface area (Å²) in [5.41, 5.74) is 0.807. The molecule has 1 heterocycles. The number of carbonyl (C=O) groups excluding carboxylic acids is 1. The van der Waals surface area contributed by atoms with E-state index in [0.29, 0.717) is 15.8 Å². The summed E-state index contributed by atoms with van der Waals surface area (Å²) in [6.07, 6.45) is 0.00240. The van der Waals surface area contributed by atoms with Crippen molar-refractivity contribution in [2.75, 3.05) is 20.7 Å². The predicted molar refractivity (Wildman–Crippen MR) is 114 cm³/mol. The number of nitrogens with zero attached hydrogens (tertiary/aromatic N) is 1. The maximum Gasteiger partial charge on any atom is 0.252 e. The number of hydrogen-bond donors (Lipinski definition) is 1. The fraction of sp³-hybridized carbons (Fsp3) is 0.421. The van der Waals surface area contributed by atoms with Crippen molar-refractivity contribution in [2.45, 2.75) is 37.1 Å². The molecule has 0 saturated carbocycles. The van der Waals surface area contributed by atoms with Gasteiger partial charge in [-0.1, -0.05) is 17.7 Å². The zero-order chi connectivity index (χ0) is 21.8. The van der Waals surface area contributed by atoms with Gasteiger partial charge in [-0.3, -0.25) is 4.79 Å². The number of halogens is 1. The molecule has 29 heavy (non-hydrogen) atoms. The van der Waals surface area contributed by atoms with E-state index in [-0.39, 0.29) is 22.9 Å². The highest BCUT2D eigenvalue weighted by molar-refractivity contribution is 7.91. The highest BCUT2D eigenvalue weighted by Crippen LogP contribution is 2.31. The van der Waals surface area contributed by atoms with Gasteiger partial charge in [-0.05, 0) is 50.6 Å². The van der Waals surface area contributed by atoms with Gasteiger partial charge < -0.3 is 14.8 Å². The van der Waals surface area contributed by atoms with Crippen LogP contribution in [0.4, 0.5) is 0 Å². The van der Waals surface area contributed by atoms with Crippen molar-refractivity contribution < 1.29 is 22.7 Å². The summed E-state index contributed by atoms with van der Waals surface area (Å²) in [4.78, 5) is 12.4. The molecule has 0 saturated heterocycles. The number of ether oxygens (including phenoxy) is 2. The number of rotatable bonds is 9. The summed E-state index contributed by atoms with van der Waals surface area (Å²) < 4.78 is 37.5. The van der Waals surface area contributed by atoms with Gasteiger partial charge in [0.2, 0.25) is 5.91 Å². The van der Waals surface area contributed by atoms with Gasteiger partial charge >= 0.3 is 0 Å². The lowest BCUT2D eigenvalue weighted by Crippen LogP contribution is -2.39. The van der Waals surface area contributed by atoms with E-state index < -0.39 is 15.9 Å². The van der Waals surface area contributed by atoms with Crippen LogP contribution >= 0.6 is 22.9 Å². The molecular weight excluding hydrogens is 436 g/mol. The van der Waals surface area contributed by atoms with E-state index in [4.69, 9.17) is 21.1 Å². The van der Waals surface area contributed by atoms with E-state index in [1.807, 2.05) is 26.8 Å². The van der Waals surface area contributed by atoms with Crippen LogP contribution in [0, 0.1) is 0 Å². The first kappa shape index (κ1) is 23.5. The van der Waals surface area contributed by atoms with Gasteiger partial charge in [0, 0.05) is 7.05 Å². The lowest BCUT2D eigenvalue weighted by molar-refractivity contribution is -0.121. The van der Waals surface area contributed by atoms with Gasteiger partial charge in [-0.15, -0.1) is 11.3 Å². The monoisotopic (exact) mass is 460 g/mol. The zero-order valence-corrected chi connectivity index (χ0v) is 19.3. The van der Waals surface area contributed by atoms with Gasteiger partial charge in [0.15, 0.2) is 11.5 Å². The number of sulfonamides is 1. The van der Waals surface area contributed by atoms with Crippen molar-refractivity contribution in [3.05, 3.63) is 40.2 Å². The normalized spacial score (nSPS) is 12.8. The highest BCUT2D eigenvalue weighted by atomic mass is 35.5. The maximum absolute atomic E-state index is 12.5. The largest absolute Gasteiger partial charge is 0.493 e. The van der Waals surface area contributed by atoms with Crippen molar-refractivity contribution in [1.82, 2.24) is 9.62 Å². The van der Waals surface area contributed by atoms with E-state index in [0.717, 1.165) is 21.2 Å². The Balaban J connectivity index is 2.05. The van der Waals surface area contributed by atoms with Gasteiger partial charge in [0.05, 0.1) is 30.1 Å². The molecule has 1 unspecified atom stereocenters. The number of hydrogen-bond acceptors (Lipinski definition) is 6. The number of benzene rings is 1. The number of amides is 1. The minimum atomic E-state index is -3.77. The van der Waals surface area contributed by atoms with Crippen LogP contribution in [0.3, 0.4) is 0 Å². The molecular formula is C19H25ClN2O5S2. The molecule has 0 aliphatic heterocycles. The van der Waals surface area contributed by atoms with Crippen molar-refractivity contribution >= 4 is 38.9 Å². The highest BCUT2D eigenvalue weighted by Gasteiger charge is 2.25. The van der Waals surface area contributed by atoms with Gasteiger partial charge in [0.25, 0.3) is 10.0 Å². The smallest absolute Gasteiger partial charge is 0.252 e. The summed E-state index contributed by atoms with van der Waals surface area (Å²) in [5.74, 6) is 0.754. The van der Waals surface area contributed by atoms with Crippen LogP contribution in [-0.2, 0) is 14.8 Å². The molecule has 2 rings (SSSR count). The van der Waals surface area contributed by atoms with Crippen LogP contribution < -0.4 is 14.8 Å².